The van der Waals surface area contributed by atoms with Gasteiger partial charge in [0.05, 0.1) is 11.8 Å². The molecule has 3 rings (SSSR count). The zero-order chi connectivity index (χ0) is 15.0. The summed E-state index contributed by atoms with van der Waals surface area (Å²) in [5.41, 5.74) is 1.54. The third kappa shape index (κ3) is 2.49. The normalized spacial score (nSPS) is 12.9. The van der Waals surface area contributed by atoms with Gasteiger partial charge in [-0.15, -0.1) is 0 Å². The van der Waals surface area contributed by atoms with Gasteiger partial charge in [0, 0.05) is 12.1 Å². The van der Waals surface area contributed by atoms with Crippen molar-refractivity contribution in [3.8, 4) is 0 Å². The Morgan fingerprint density at radius 1 is 1.33 bits per heavy atom. The first-order valence-electron chi connectivity index (χ1n) is 6.40. The smallest absolute Gasteiger partial charge is 0.463 e. The molecule has 3 aromatic rings. The molecular weight excluding hydrogens is 278 g/mol. The lowest BCUT2D eigenvalue weighted by Gasteiger charge is -2.17. The highest BCUT2D eigenvalue weighted by Gasteiger charge is 2.26. The number of aromatic nitrogens is 1. The van der Waals surface area contributed by atoms with Crippen molar-refractivity contribution in [2.75, 3.05) is 0 Å². The zero-order valence-electron chi connectivity index (χ0n) is 11.4. The van der Waals surface area contributed by atoms with E-state index in [0.29, 0.717) is 11.1 Å². The average Bonchev–Trinajstić information content (AvgIpc) is 3.09. The van der Waals surface area contributed by atoms with Gasteiger partial charge in [-0.05, 0) is 5.92 Å². The van der Waals surface area contributed by atoms with E-state index >= 15 is 0 Å². The van der Waals surface area contributed by atoms with Crippen LogP contribution in [0.2, 0.25) is 0 Å². The summed E-state index contributed by atoms with van der Waals surface area (Å²) in [5, 5.41) is 0. The summed E-state index contributed by atoms with van der Waals surface area (Å²) in [6.45, 7) is 3.68. The fraction of sp³-hybridized carbons (Fsp3) is 0.286. The summed E-state index contributed by atoms with van der Waals surface area (Å²) >= 11 is 0. The number of H-pyrrole nitrogens is 1. The lowest BCUT2D eigenvalue weighted by molar-refractivity contribution is 0.0100. The van der Waals surface area contributed by atoms with Crippen molar-refractivity contribution in [2.45, 2.75) is 20.0 Å². The minimum Gasteiger partial charge on any atom is -0.463 e. The van der Waals surface area contributed by atoms with Gasteiger partial charge in [0.25, 0.3) is 0 Å². The summed E-state index contributed by atoms with van der Waals surface area (Å²) in [4.78, 5) is 26.0. The zero-order valence-corrected chi connectivity index (χ0v) is 11.4. The van der Waals surface area contributed by atoms with Crippen molar-refractivity contribution in [2.24, 2.45) is 5.92 Å². The van der Waals surface area contributed by atoms with E-state index in [0.717, 1.165) is 6.26 Å². The molecule has 7 heteroatoms. The van der Waals surface area contributed by atoms with Crippen LogP contribution in [0.4, 0.5) is 0 Å². The second-order valence-electron chi connectivity index (χ2n) is 4.94. The van der Waals surface area contributed by atoms with E-state index in [4.69, 9.17) is 13.6 Å². The number of furan rings is 1. The van der Waals surface area contributed by atoms with E-state index < -0.39 is 17.9 Å². The Bertz CT molecular complexity index is 789. The van der Waals surface area contributed by atoms with Crippen LogP contribution >= 0.6 is 0 Å². The third-order valence-electron chi connectivity index (χ3n) is 3.05. The summed E-state index contributed by atoms with van der Waals surface area (Å²) in [7, 11) is 0. The maximum atomic E-state index is 12.2. The van der Waals surface area contributed by atoms with Crippen molar-refractivity contribution in [3.63, 3.8) is 0 Å². The second-order valence-corrected chi connectivity index (χ2v) is 4.94. The third-order valence-corrected chi connectivity index (χ3v) is 3.05. The van der Waals surface area contributed by atoms with E-state index in [1.54, 1.807) is 12.1 Å². The molecule has 3 aromatic heterocycles. The molecule has 0 aliphatic heterocycles. The van der Waals surface area contributed by atoms with Crippen molar-refractivity contribution in [1.29, 1.82) is 0 Å². The molecule has 7 nitrogen and oxygen atoms in total. The lowest BCUT2D eigenvalue weighted by atomic mass is 10.1. The van der Waals surface area contributed by atoms with E-state index in [-0.39, 0.29) is 17.4 Å². The topological polar surface area (TPSA) is 98.6 Å². The molecule has 0 aromatic carbocycles. The van der Waals surface area contributed by atoms with Crippen LogP contribution in [0.5, 0.6) is 0 Å². The quantitative estimate of drug-likeness (QED) is 0.742. The summed E-state index contributed by atoms with van der Waals surface area (Å²) in [6.07, 6.45) is 1.97. The van der Waals surface area contributed by atoms with Gasteiger partial charge in [0.15, 0.2) is 17.4 Å². The molecule has 0 fully saturated rings. The molecule has 110 valence electrons. The number of esters is 1. The monoisotopic (exact) mass is 291 g/mol. The number of hydrogen-bond acceptors (Lipinski definition) is 6. The van der Waals surface area contributed by atoms with Crippen LogP contribution in [0.1, 0.15) is 36.2 Å². The largest absolute Gasteiger partial charge is 0.518 e. The molecular formula is C14H13NO6. The SMILES string of the molecule is CC(C)C(OC(=O)c1cc2occc2[nH]1)c1coc(=O)o1. The molecule has 1 N–H and O–H groups in total. The van der Waals surface area contributed by atoms with Gasteiger partial charge in [-0.2, -0.15) is 0 Å². The lowest BCUT2D eigenvalue weighted by Crippen LogP contribution is -2.16. The number of aromatic amines is 1. The minimum atomic E-state index is -0.830. The Hall–Kier alpha value is -2.70. The Morgan fingerprint density at radius 3 is 2.76 bits per heavy atom. The Kier molecular flexibility index (Phi) is 3.17. The molecule has 0 aliphatic carbocycles. The molecule has 0 amide bonds. The molecule has 0 spiro atoms. The van der Waals surface area contributed by atoms with Gasteiger partial charge < -0.3 is 23.0 Å². The molecule has 1 atom stereocenters. The Balaban J connectivity index is 1.83. The maximum Gasteiger partial charge on any atom is 0.518 e. The van der Waals surface area contributed by atoms with Crippen LogP contribution in [-0.2, 0) is 4.74 Å². The number of carbonyl (C=O) groups excluding carboxylic acids is 1. The molecule has 3 heterocycles. The van der Waals surface area contributed by atoms with Crippen LogP contribution < -0.4 is 5.82 Å². The van der Waals surface area contributed by atoms with E-state index in [9.17, 15) is 9.59 Å². The minimum absolute atomic E-state index is 0.0901. The van der Waals surface area contributed by atoms with Gasteiger partial charge in [0.1, 0.15) is 12.0 Å². The number of rotatable bonds is 4. The standard InChI is InChI=1S/C14H13NO6/c1-7(2)12(11-6-19-14(17)20-11)21-13(16)9-5-10-8(15-9)3-4-18-10/h3-7,12,15H,1-2H3. The molecule has 0 radical (unpaired) electrons. The highest BCUT2D eigenvalue weighted by molar-refractivity contribution is 5.93. The van der Waals surface area contributed by atoms with Crippen LogP contribution in [0, 0.1) is 5.92 Å². The first kappa shape index (κ1) is 13.3. The van der Waals surface area contributed by atoms with Crippen LogP contribution in [0.15, 0.2) is 42.7 Å². The fourth-order valence-electron chi connectivity index (χ4n) is 2.04. The second kappa shape index (κ2) is 5.01. The number of fused-ring (bicyclic) bond motifs is 1. The van der Waals surface area contributed by atoms with Crippen LogP contribution in [0.25, 0.3) is 11.1 Å². The van der Waals surface area contributed by atoms with Gasteiger partial charge in [0.2, 0.25) is 0 Å². The fourth-order valence-corrected chi connectivity index (χ4v) is 2.04. The van der Waals surface area contributed by atoms with E-state index in [1.807, 2.05) is 13.8 Å². The van der Waals surface area contributed by atoms with Crippen LogP contribution in [-0.4, -0.2) is 11.0 Å². The molecule has 1 unspecified atom stereocenters. The summed E-state index contributed by atoms with van der Waals surface area (Å²) in [5.74, 6) is -1.31. The Morgan fingerprint density at radius 2 is 2.14 bits per heavy atom. The molecule has 0 bridgehead atoms. The summed E-state index contributed by atoms with van der Waals surface area (Å²) < 4.78 is 20.0. The van der Waals surface area contributed by atoms with E-state index in [2.05, 4.69) is 9.40 Å². The number of nitrogens with one attached hydrogen (secondary N) is 1. The van der Waals surface area contributed by atoms with Crippen molar-refractivity contribution in [3.05, 3.63) is 46.7 Å². The molecule has 0 aliphatic rings. The highest BCUT2D eigenvalue weighted by atomic mass is 16.6. The molecule has 0 saturated heterocycles. The van der Waals surface area contributed by atoms with Crippen molar-refractivity contribution in [1.82, 2.24) is 4.98 Å². The molecule has 21 heavy (non-hydrogen) atoms. The van der Waals surface area contributed by atoms with Crippen molar-refractivity contribution < 1.29 is 22.8 Å². The van der Waals surface area contributed by atoms with Gasteiger partial charge in [-0.3, -0.25) is 0 Å². The average molecular weight is 291 g/mol. The molecule has 0 saturated carbocycles. The Labute approximate surface area is 118 Å². The first-order valence-corrected chi connectivity index (χ1v) is 6.40. The number of ether oxygens (including phenoxy) is 1. The number of hydrogen-bond donors (Lipinski definition) is 1. The van der Waals surface area contributed by atoms with Crippen LogP contribution in [0.3, 0.4) is 0 Å². The maximum absolute atomic E-state index is 12.2. The summed E-state index contributed by atoms with van der Waals surface area (Å²) in [6, 6.07) is 3.27. The van der Waals surface area contributed by atoms with E-state index in [1.165, 1.54) is 6.26 Å². The number of carbonyl (C=O) groups is 1. The van der Waals surface area contributed by atoms with Gasteiger partial charge >= 0.3 is 11.8 Å². The first-order chi connectivity index (χ1) is 10.0. The highest BCUT2D eigenvalue weighted by Crippen LogP contribution is 2.27. The van der Waals surface area contributed by atoms with Gasteiger partial charge in [-0.25, -0.2) is 9.59 Å². The predicted octanol–water partition coefficient (Wildman–Crippen LogP) is 2.86. The van der Waals surface area contributed by atoms with Gasteiger partial charge in [-0.1, -0.05) is 13.8 Å². The predicted molar refractivity (Wildman–Crippen MR) is 70.8 cm³/mol. The van der Waals surface area contributed by atoms with Crippen molar-refractivity contribution >= 4 is 17.1 Å².